The van der Waals surface area contributed by atoms with E-state index in [1.54, 1.807) is 0 Å². The van der Waals surface area contributed by atoms with Crippen LogP contribution in [0.1, 0.15) is 133 Å². The van der Waals surface area contributed by atoms with E-state index in [0.29, 0.717) is 0 Å². The lowest BCUT2D eigenvalue weighted by Gasteiger charge is -2.41. The lowest BCUT2D eigenvalue weighted by molar-refractivity contribution is -0.407. The lowest BCUT2D eigenvalue weighted by atomic mass is 9.68. The molecule has 0 aliphatic carbocycles. The second-order valence-corrected chi connectivity index (χ2v) is 14.0. The minimum Gasteiger partial charge on any atom is -0.230 e. The van der Waals surface area contributed by atoms with Crippen LogP contribution >= 0.6 is 0 Å². The molecule has 0 unspecified atom stereocenters. The maximum Gasteiger partial charge on any atom is 0.124 e. The zero-order chi connectivity index (χ0) is 25.6. The summed E-state index contributed by atoms with van der Waals surface area (Å²) in [6, 6.07) is 4.40. The minimum atomic E-state index is -0.727. The summed E-state index contributed by atoms with van der Waals surface area (Å²) in [4.78, 5) is 23.9. The minimum absolute atomic E-state index is 0.0379. The predicted molar refractivity (Wildman–Crippen MR) is 134 cm³/mol. The fraction of sp³-hybridized carbons (Fsp3) is 0.786. The van der Waals surface area contributed by atoms with Crippen molar-refractivity contribution in [2.75, 3.05) is 0 Å². The van der Waals surface area contributed by atoms with Crippen LogP contribution in [-0.4, -0.2) is 11.2 Å². The van der Waals surface area contributed by atoms with Crippen LogP contribution in [-0.2, 0) is 41.6 Å². The second-order valence-electron chi connectivity index (χ2n) is 14.0. The Hall–Kier alpha value is -0.940. The van der Waals surface area contributed by atoms with Gasteiger partial charge in [-0.3, -0.25) is 0 Å². The van der Waals surface area contributed by atoms with Gasteiger partial charge in [0.05, 0.1) is 11.2 Å². The molecule has 0 N–H and O–H groups in total. The van der Waals surface area contributed by atoms with E-state index in [1.807, 2.05) is 55.4 Å². The molecule has 1 aromatic carbocycles. The molecule has 0 bridgehead atoms. The number of hydrogen-bond acceptors (Lipinski definition) is 4. The summed E-state index contributed by atoms with van der Waals surface area (Å²) in [6.45, 7) is 33.7. The van der Waals surface area contributed by atoms with Gasteiger partial charge in [0.15, 0.2) is 0 Å². The zero-order valence-electron chi connectivity index (χ0n) is 23.8. The monoisotopic (exact) mass is 450 g/mol. The van der Waals surface area contributed by atoms with Gasteiger partial charge in [0.1, 0.15) is 11.2 Å². The fourth-order valence-electron chi connectivity index (χ4n) is 3.68. The molecular weight excluding hydrogens is 400 g/mol. The average Bonchev–Trinajstić information content (AvgIpc) is 2.54. The predicted octanol–water partition coefficient (Wildman–Crippen LogP) is 8.25. The third kappa shape index (κ3) is 7.83. The molecular formula is C28H50O4. The van der Waals surface area contributed by atoms with E-state index >= 15 is 0 Å². The molecule has 0 radical (unpaired) electrons. The molecule has 0 amide bonds. The van der Waals surface area contributed by atoms with Crippen molar-refractivity contribution >= 4 is 0 Å². The van der Waals surface area contributed by atoms with Crippen molar-refractivity contribution in [2.24, 2.45) is 0 Å². The third-order valence-electron chi connectivity index (χ3n) is 5.01. The maximum atomic E-state index is 6.17. The zero-order valence-corrected chi connectivity index (χ0v) is 23.8. The highest BCUT2D eigenvalue weighted by Gasteiger charge is 2.41. The van der Waals surface area contributed by atoms with E-state index < -0.39 is 22.4 Å². The van der Waals surface area contributed by atoms with E-state index in [9.17, 15) is 0 Å². The van der Waals surface area contributed by atoms with Crippen LogP contribution in [0.2, 0.25) is 0 Å². The van der Waals surface area contributed by atoms with Crippen molar-refractivity contribution in [3.05, 3.63) is 34.4 Å². The van der Waals surface area contributed by atoms with Gasteiger partial charge in [-0.25, -0.2) is 19.6 Å². The smallest absolute Gasteiger partial charge is 0.124 e. The molecule has 186 valence electrons. The molecule has 0 saturated heterocycles. The third-order valence-corrected chi connectivity index (χ3v) is 5.01. The Morgan fingerprint density at radius 3 is 1.12 bits per heavy atom. The SMILES string of the molecule is CC(C)(C)OOC(C)(C)c1ccc(C(C)(C)C)c(C(C)(C)C)c1C(C)(C)OOC(C)(C)C. The van der Waals surface area contributed by atoms with Crippen molar-refractivity contribution in [1.82, 2.24) is 0 Å². The van der Waals surface area contributed by atoms with Crippen LogP contribution < -0.4 is 0 Å². The van der Waals surface area contributed by atoms with E-state index in [4.69, 9.17) is 19.6 Å². The van der Waals surface area contributed by atoms with E-state index in [1.165, 1.54) is 11.1 Å². The van der Waals surface area contributed by atoms with Gasteiger partial charge >= 0.3 is 0 Å². The molecule has 1 aromatic rings. The first kappa shape index (κ1) is 29.1. The highest BCUT2D eigenvalue weighted by atomic mass is 17.2. The summed E-state index contributed by atoms with van der Waals surface area (Å²) in [5.74, 6) is 0. The molecule has 1 rings (SSSR count). The Morgan fingerprint density at radius 2 is 0.781 bits per heavy atom. The Morgan fingerprint density at radius 1 is 0.406 bits per heavy atom. The normalized spacial score (nSPS) is 14.8. The van der Waals surface area contributed by atoms with Gasteiger partial charge < -0.3 is 0 Å². The van der Waals surface area contributed by atoms with Gasteiger partial charge in [0, 0.05) is 0 Å². The number of benzene rings is 1. The molecule has 0 aliphatic rings. The Balaban J connectivity index is 3.92. The molecule has 4 heteroatoms. The first-order valence-electron chi connectivity index (χ1n) is 11.8. The summed E-state index contributed by atoms with van der Waals surface area (Å²) < 4.78 is 0. The lowest BCUT2D eigenvalue weighted by Crippen LogP contribution is -2.38. The van der Waals surface area contributed by atoms with Gasteiger partial charge in [-0.05, 0) is 102 Å². The molecule has 4 nitrogen and oxygen atoms in total. The van der Waals surface area contributed by atoms with Crippen LogP contribution in [0.25, 0.3) is 0 Å². The van der Waals surface area contributed by atoms with Crippen LogP contribution in [0.4, 0.5) is 0 Å². The molecule has 32 heavy (non-hydrogen) atoms. The highest BCUT2D eigenvalue weighted by molar-refractivity contribution is 5.52. The van der Waals surface area contributed by atoms with Crippen LogP contribution in [0.5, 0.6) is 0 Å². The van der Waals surface area contributed by atoms with Crippen molar-refractivity contribution in [3.63, 3.8) is 0 Å². The first-order chi connectivity index (χ1) is 13.9. The summed E-state index contributed by atoms with van der Waals surface area (Å²) in [5.41, 5.74) is 2.23. The van der Waals surface area contributed by atoms with E-state index in [2.05, 4.69) is 67.5 Å². The van der Waals surface area contributed by atoms with Gasteiger partial charge in [-0.1, -0.05) is 53.7 Å². The average molecular weight is 451 g/mol. The molecule has 0 fully saturated rings. The molecule has 0 aliphatic heterocycles. The molecule has 0 heterocycles. The second kappa shape index (κ2) is 9.02. The van der Waals surface area contributed by atoms with Crippen molar-refractivity contribution in [3.8, 4) is 0 Å². The van der Waals surface area contributed by atoms with E-state index in [-0.39, 0.29) is 10.8 Å². The quantitative estimate of drug-likeness (QED) is 0.323. The fourth-order valence-corrected chi connectivity index (χ4v) is 3.68. The topological polar surface area (TPSA) is 36.9 Å². The molecule has 0 saturated carbocycles. The summed E-state index contributed by atoms with van der Waals surface area (Å²) in [7, 11) is 0. The van der Waals surface area contributed by atoms with Gasteiger partial charge in [-0.15, -0.1) is 0 Å². The molecule has 0 atom stereocenters. The summed E-state index contributed by atoms with van der Waals surface area (Å²) in [6.07, 6.45) is 0. The largest absolute Gasteiger partial charge is 0.230 e. The Kier molecular flexibility index (Phi) is 8.20. The molecule has 0 aromatic heterocycles. The highest BCUT2D eigenvalue weighted by Crippen LogP contribution is 2.46. The number of rotatable bonds is 6. The van der Waals surface area contributed by atoms with Gasteiger partial charge in [-0.2, -0.15) is 0 Å². The standard InChI is InChI=1S/C28H50O4/c1-23(2,3)19-17-18-20(27(13,14)31-29-25(7,8)9)22(21(19)24(4,5)6)28(15,16)32-30-26(10,11)12/h17-18H,1-16H3. The van der Waals surface area contributed by atoms with Crippen molar-refractivity contribution < 1.29 is 19.6 Å². The van der Waals surface area contributed by atoms with Gasteiger partial charge in [0.2, 0.25) is 0 Å². The van der Waals surface area contributed by atoms with Crippen LogP contribution in [0, 0.1) is 0 Å². The van der Waals surface area contributed by atoms with Crippen LogP contribution in [0.15, 0.2) is 12.1 Å². The van der Waals surface area contributed by atoms with E-state index in [0.717, 1.165) is 11.1 Å². The Labute approximate surface area is 198 Å². The number of hydrogen-bond donors (Lipinski definition) is 0. The molecule has 0 spiro atoms. The maximum absolute atomic E-state index is 6.17. The van der Waals surface area contributed by atoms with Gasteiger partial charge in [0.25, 0.3) is 0 Å². The summed E-state index contributed by atoms with van der Waals surface area (Å²) in [5, 5.41) is 0. The van der Waals surface area contributed by atoms with Crippen molar-refractivity contribution in [1.29, 1.82) is 0 Å². The first-order valence-corrected chi connectivity index (χ1v) is 11.8. The van der Waals surface area contributed by atoms with Crippen LogP contribution in [0.3, 0.4) is 0 Å². The Bertz CT molecular complexity index is 776. The van der Waals surface area contributed by atoms with Crippen molar-refractivity contribution in [2.45, 2.75) is 144 Å². The summed E-state index contributed by atoms with van der Waals surface area (Å²) >= 11 is 0.